The molecule has 0 unspecified atom stereocenters. The van der Waals surface area contributed by atoms with Gasteiger partial charge in [0.05, 0.1) is 16.3 Å². The van der Waals surface area contributed by atoms with Crippen LogP contribution in [0.1, 0.15) is 15.9 Å². The molecule has 0 saturated heterocycles. The molecule has 1 amide bonds. The van der Waals surface area contributed by atoms with Gasteiger partial charge < -0.3 is 9.88 Å². The van der Waals surface area contributed by atoms with Crippen molar-refractivity contribution in [3.05, 3.63) is 65.7 Å². The second-order valence-corrected chi connectivity index (χ2v) is 6.43. The number of nitrogens with one attached hydrogen (secondary N) is 1. The summed E-state index contributed by atoms with van der Waals surface area (Å²) in [7, 11) is 1.92. The minimum atomic E-state index is -0.0500. The molecule has 5 heteroatoms. The van der Waals surface area contributed by atoms with Gasteiger partial charge in [0, 0.05) is 24.5 Å². The number of carbonyl (C=O) groups excluding carboxylic acids is 2. The summed E-state index contributed by atoms with van der Waals surface area (Å²) in [4.78, 5) is 23.6. The van der Waals surface area contributed by atoms with Gasteiger partial charge in [-0.15, -0.1) is 0 Å². The zero-order valence-corrected chi connectivity index (χ0v) is 14.2. The summed E-state index contributed by atoms with van der Waals surface area (Å²) in [5.41, 5.74) is 2.70. The standard InChI is InChI=1S/C19H18N2O2S/c1-21-17-10-6-5-9-15(17)16(12-22)19(21)24-13-18(23)20-11-14-7-3-2-4-8-14/h2-10,12H,11,13H2,1H3,(H,20,23). The van der Waals surface area contributed by atoms with E-state index in [4.69, 9.17) is 0 Å². The van der Waals surface area contributed by atoms with E-state index in [1.165, 1.54) is 11.8 Å². The van der Waals surface area contributed by atoms with Gasteiger partial charge in [0.25, 0.3) is 0 Å². The highest BCUT2D eigenvalue weighted by atomic mass is 32.2. The molecule has 0 radical (unpaired) electrons. The van der Waals surface area contributed by atoms with Crippen molar-refractivity contribution in [1.82, 2.24) is 9.88 Å². The van der Waals surface area contributed by atoms with Gasteiger partial charge in [-0.3, -0.25) is 9.59 Å². The number of fused-ring (bicyclic) bond motifs is 1. The molecule has 122 valence electrons. The molecule has 3 rings (SSSR count). The molecule has 1 heterocycles. The van der Waals surface area contributed by atoms with Crippen molar-refractivity contribution in [3.63, 3.8) is 0 Å². The van der Waals surface area contributed by atoms with E-state index in [1.54, 1.807) is 0 Å². The minimum absolute atomic E-state index is 0.0500. The fraction of sp³-hybridized carbons (Fsp3) is 0.158. The van der Waals surface area contributed by atoms with Crippen LogP contribution in [0.3, 0.4) is 0 Å². The number of aldehydes is 1. The monoisotopic (exact) mass is 338 g/mol. The molecular formula is C19H18N2O2S. The lowest BCUT2D eigenvalue weighted by Gasteiger charge is -2.07. The molecule has 1 N–H and O–H groups in total. The highest BCUT2D eigenvalue weighted by Crippen LogP contribution is 2.31. The number of thioether (sulfide) groups is 1. The molecule has 2 aromatic carbocycles. The first kappa shape index (κ1) is 16.3. The number of aryl methyl sites for hydroxylation is 1. The normalized spacial score (nSPS) is 10.7. The van der Waals surface area contributed by atoms with E-state index < -0.39 is 0 Å². The maximum Gasteiger partial charge on any atom is 0.230 e. The summed E-state index contributed by atoms with van der Waals surface area (Å²) in [5.74, 6) is 0.226. The number of rotatable bonds is 6. The Bertz CT molecular complexity index is 872. The van der Waals surface area contributed by atoms with Crippen LogP contribution >= 0.6 is 11.8 Å². The molecule has 0 spiro atoms. The largest absolute Gasteiger partial charge is 0.351 e. The molecule has 0 fully saturated rings. The molecule has 24 heavy (non-hydrogen) atoms. The van der Waals surface area contributed by atoms with Gasteiger partial charge in [0.1, 0.15) is 0 Å². The lowest BCUT2D eigenvalue weighted by molar-refractivity contribution is -0.118. The Morgan fingerprint density at radius 3 is 2.58 bits per heavy atom. The van der Waals surface area contributed by atoms with E-state index in [2.05, 4.69) is 5.32 Å². The highest BCUT2D eigenvalue weighted by molar-refractivity contribution is 8.00. The molecule has 0 aliphatic heterocycles. The van der Waals surface area contributed by atoms with Crippen molar-refractivity contribution in [2.75, 3.05) is 5.75 Å². The van der Waals surface area contributed by atoms with Gasteiger partial charge >= 0.3 is 0 Å². The molecular weight excluding hydrogens is 320 g/mol. The van der Waals surface area contributed by atoms with Crippen LogP contribution in [0.25, 0.3) is 10.9 Å². The van der Waals surface area contributed by atoms with E-state index in [9.17, 15) is 9.59 Å². The van der Waals surface area contributed by atoms with Crippen LogP contribution in [0, 0.1) is 0 Å². The van der Waals surface area contributed by atoms with E-state index in [0.29, 0.717) is 12.1 Å². The predicted molar refractivity (Wildman–Crippen MR) is 97.3 cm³/mol. The first-order valence-corrected chi connectivity index (χ1v) is 8.65. The number of carbonyl (C=O) groups is 2. The molecule has 3 aromatic rings. The van der Waals surface area contributed by atoms with Gasteiger partial charge in [-0.2, -0.15) is 0 Å². The Balaban J connectivity index is 1.68. The minimum Gasteiger partial charge on any atom is -0.351 e. The molecule has 0 bridgehead atoms. The Morgan fingerprint density at radius 2 is 1.83 bits per heavy atom. The van der Waals surface area contributed by atoms with Crippen LogP contribution in [0.15, 0.2) is 59.6 Å². The van der Waals surface area contributed by atoms with Crippen molar-refractivity contribution >= 4 is 34.9 Å². The summed E-state index contributed by atoms with van der Waals surface area (Å²) in [6, 6.07) is 17.5. The topological polar surface area (TPSA) is 51.1 Å². The second-order valence-electron chi connectivity index (χ2n) is 5.46. The zero-order valence-electron chi connectivity index (χ0n) is 13.4. The van der Waals surface area contributed by atoms with Gasteiger partial charge in [-0.05, 0) is 11.6 Å². The third-order valence-corrected chi connectivity index (χ3v) is 5.05. The SMILES string of the molecule is Cn1c(SCC(=O)NCc2ccccc2)c(C=O)c2ccccc21. The average Bonchev–Trinajstić information content (AvgIpc) is 2.91. The summed E-state index contributed by atoms with van der Waals surface area (Å²) in [5, 5.41) is 4.64. The quantitative estimate of drug-likeness (QED) is 0.554. The van der Waals surface area contributed by atoms with Gasteiger partial charge in [-0.1, -0.05) is 60.3 Å². The van der Waals surface area contributed by atoms with Crippen LogP contribution in [0.2, 0.25) is 0 Å². The summed E-state index contributed by atoms with van der Waals surface area (Å²) >= 11 is 1.39. The van der Waals surface area contributed by atoms with Crippen molar-refractivity contribution < 1.29 is 9.59 Å². The maximum absolute atomic E-state index is 12.1. The number of hydrogen-bond acceptors (Lipinski definition) is 3. The van der Waals surface area contributed by atoms with Crippen molar-refractivity contribution in [2.45, 2.75) is 11.6 Å². The van der Waals surface area contributed by atoms with Crippen LogP contribution < -0.4 is 5.32 Å². The number of benzene rings is 2. The fourth-order valence-corrected chi connectivity index (χ4v) is 3.64. The first-order chi connectivity index (χ1) is 11.7. The number of nitrogens with zero attached hydrogens (tertiary/aromatic N) is 1. The third-order valence-electron chi connectivity index (χ3n) is 3.88. The van der Waals surface area contributed by atoms with E-state index in [1.807, 2.05) is 66.2 Å². The fourth-order valence-electron chi connectivity index (χ4n) is 2.67. The van der Waals surface area contributed by atoms with Crippen LogP contribution in [-0.4, -0.2) is 22.5 Å². The third kappa shape index (κ3) is 3.36. The van der Waals surface area contributed by atoms with Crippen LogP contribution in [0.4, 0.5) is 0 Å². The lowest BCUT2D eigenvalue weighted by Crippen LogP contribution is -2.24. The summed E-state index contributed by atoms with van der Waals surface area (Å²) in [6.07, 6.45) is 0.868. The molecule has 0 atom stereocenters. The van der Waals surface area contributed by atoms with E-state index in [-0.39, 0.29) is 11.7 Å². The molecule has 4 nitrogen and oxygen atoms in total. The highest BCUT2D eigenvalue weighted by Gasteiger charge is 2.15. The first-order valence-electron chi connectivity index (χ1n) is 7.66. The van der Waals surface area contributed by atoms with Crippen LogP contribution in [-0.2, 0) is 18.4 Å². The molecule has 0 aliphatic rings. The van der Waals surface area contributed by atoms with E-state index >= 15 is 0 Å². The predicted octanol–water partition coefficient (Wildman–Crippen LogP) is 3.40. The maximum atomic E-state index is 12.1. The Labute approximate surface area is 144 Å². The Kier molecular flexibility index (Phi) is 5.01. The lowest BCUT2D eigenvalue weighted by atomic mass is 10.2. The average molecular weight is 338 g/mol. The van der Waals surface area contributed by atoms with Gasteiger partial charge in [0.15, 0.2) is 6.29 Å². The molecule has 1 aromatic heterocycles. The Morgan fingerprint density at radius 1 is 1.12 bits per heavy atom. The summed E-state index contributed by atoms with van der Waals surface area (Å²) in [6.45, 7) is 0.510. The smallest absolute Gasteiger partial charge is 0.230 e. The number of amides is 1. The number of hydrogen-bond donors (Lipinski definition) is 1. The molecule has 0 aliphatic carbocycles. The van der Waals surface area contributed by atoms with Gasteiger partial charge in [-0.25, -0.2) is 0 Å². The van der Waals surface area contributed by atoms with Gasteiger partial charge in [0.2, 0.25) is 5.91 Å². The number of aromatic nitrogens is 1. The van der Waals surface area contributed by atoms with Crippen molar-refractivity contribution in [3.8, 4) is 0 Å². The van der Waals surface area contributed by atoms with E-state index in [0.717, 1.165) is 27.8 Å². The van der Waals surface area contributed by atoms with Crippen molar-refractivity contribution in [2.24, 2.45) is 7.05 Å². The number of para-hydroxylation sites is 1. The molecule has 0 saturated carbocycles. The van der Waals surface area contributed by atoms with Crippen molar-refractivity contribution in [1.29, 1.82) is 0 Å². The van der Waals surface area contributed by atoms with Crippen LogP contribution in [0.5, 0.6) is 0 Å². The summed E-state index contributed by atoms with van der Waals surface area (Å²) < 4.78 is 1.97. The Hall–Kier alpha value is -2.53. The zero-order chi connectivity index (χ0) is 16.9. The second kappa shape index (κ2) is 7.36.